The summed E-state index contributed by atoms with van der Waals surface area (Å²) in [5.41, 5.74) is 2.43. The second-order valence-corrected chi connectivity index (χ2v) is 5.85. The maximum Gasteiger partial charge on any atom is 0.131 e. The van der Waals surface area contributed by atoms with Crippen LogP contribution in [0.3, 0.4) is 0 Å². The van der Waals surface area contributed by atoms with Gasteiger partial charge in [-0.15, -0.1) is 0 Å². The van der Waals surface area contributed by atoms with E-state index in [9.17, 15) is 5.11 Å². The van der Waals surface area contributed by atoms with Crippen LogP contribution in [0.4, 0.5) is 0 Å². The summed E-state index contributed by atoms with van der Waals surface area (Å²) in [5, 5.41) is 9.29. The summed E-state index contributed by atoms with van der Waals surface area (Å²) in [6.07, 6.45) is 0. The van der Waals surface area contributed by atoms with Gasteiger partial charge in [0.2, 0.25) is 0 Å². The van der Waals surface area contributed by atoms with Crippen molar-refractivity contribution in [1.82, 2.24) is 0 Å². The molecule has 2 nitrogen and oxygen atoms in total. The molecule has 0 heterocycles. The smallest absolute Gasteiger partial charge is 0.131 e. The van der Waals surface area contributed by atoms with Crippen LogP contribution in [-0.4, -0.2) is 5.11 Å². The van der Waals surface area contributed by atoms with E-state index in [1.165, 1.54) is 11.1 Å². The molecule has 0 saturated carbocycles. The largest absolute Gasteiger partial charge is 0.508 e. The lowest BCUT2D eigenvalue weighted by Gasteiger charge is -2.23. The zero-order valence-electron chi connectivity index (χ0n) is 11.9. The lowest BCUT2D eigenvalue weighted by atomic mass is 9.85. The Labute approximate surface area is 114 Å². The van der Waals surface area contributed by atoms with E-state index in [2.05, 4.69) is 33.8 Å². The van der Waals surface area contributed by atoms with E-state index in [0.29, 0.717) is 0 Å². The fourth-order valence-corrected chi connectivity index (χ4v) is 1.96. The molecule has 0 atom stereocenters. The summed E-state index contributed by atoms with van der Waals surface area (Å²) in [5.74, 6) is 1.84. The predicted octanol–water partition coefficient (Wildman–Crippen LogP) is 4.79. The van der Waals surface area contributed by atoms with E-state index in [1.54, 1.807) is 24.3 Å². The maximum atomic E-state index is 9.29. The van der Waals surface area contributed by atoms with Crippen molar-refractivity contribution in [1.29, 1.82) is 0 Å². The van der Waals surface area contributed by atoms with Gasteiger partial charge in [-0.2, -0.15) is 0 Å². The quantitative estimate of drug-likeness (QED) is 0.837. The zero-order chi connectivity index (χ0) is 14.0. The highest BCUT2D eigenvalue weighted by Gasteiger charge is 2.19. The number of aromatic hydroxyl groups is 1. The summed E-state index contributed by atoms with van der Waals surface area (Å²) in [4.78, 5) is 0. The molecule has 0 bridgehead atoms. The average Bonchev–Trinajstić information content (AvgIpc) is 2.33. The van der Waals surface area contributed by atoms with Gasteiger partial charge >= 0.3 is 0 Å². The van der Waals surface area contributed by atoms with E-state index >= 15 is 0 Å². The number of benzene rings is 2. The molecule has 2 aromatic rings. The molecule has 0 radical (unpaired) electrons. The van der Waals surface area contributed by atoms with Crippen LogP contribution in [0.5, 0.6) is 17.2 Å². The third-order valence-corrected chi connectivity index (χ3v) is 3.01. The Morgan fingerprint density at radius 3 is 2.16 bits per heavy atom. The lowest BCUT2D eigenvalue weighted by Crippen LogP contribution is -2.12. The fourth-order valence-electron chi connectivity index (χ4n) is 1.96. The van der Waals surface area contributed by atoms with Gasteiger partial charge in [0.15, 0.2) is 0 Å². The zero-order valence-corrected chi connectivity index (χ0v) is 11.9. The number of hydrogen-bond donors (Lipinski definition) is 1. The summed E-state index contributed by atoms with van der Waals surface area (Å²) in [6.45, 7) is 8.60. The van der Waals surface area contributed by atoms with Gasteiger partial charge in [0, 0.05) is 5.56 Å². The van der Waals surface area contributed by atoms with Crippen molar-refractivity contribution in [3.8, 4) is 17.2 Å². The first kappa shape index (κ1) is 13.5. The molecular weight excluding hydrogens is 236 g/mol. The number of phenols is 1. The van der Waals surface area contributed by atoms with Crippen molar-refractivity contribution >= 4 is 0 Å². The van der Waals surface area contributed by atoms with Crippen molar-refractivity contribution < 1.29 is 9.84 Å². The normalized spacial score (nSPS) is 11.4. The average molecular weight is 256 g/mol. The predicted molar refractivity (Wildman–Crippen MR) is 78.1 cm³/mol. The van der Waals surface area contributed by atoms with Gasteiger partial charge in [-0.1, -0.05) is 38.5 Å². The van der Waals surface area contributed by atoms with Crippen molar-refractivity contribution in [2.75, 3.05) is 0 Å². The van der Waals surface area contributed by atoms with Gasteiger partial charge < -0.3 is 9.84 Å². The van der Waals surface area contributed by atoms with E-state index in [4.69, 9.17) is 4.74 Å². The summed E-state index contributed by atoms with van der Waals surface area (Å²) >= 11 is 0. The van der Waals surface area contributed by atoms with Crippen molar-refractivity contribution in [3.05, 3.63) is 53.6 Å². The maximum absolute atomic E-state index is 9.29. The van der Waals surface area contributed by atoms with E-state index in [1.807, 2.05) is 12.1 Å². The molecule has 2 rings (SSSR count). The molecule has 0 spiro atoms. The fraction of sp³-hybridized carbons (Fsp3) is 0.294. The number of ether oxygens (including phenoxy) is 1. The van der Waals surface area contributed by atoms with E-state index in [-0.39, 0.29) is 11.2 Å². The van der Waals surface area contributed by atoms with Crippen LogP contribution in [0.15, 0.2) is 42.5 Å². The highest BCUT2D eigenvalue weighted by Crippen LogP contribution is 2.35. The summed E-state index contributed by atoms with van der Waals surface area (Å²) < 4.78 is 5.93. The van der Waals surface area contributed by atoms with Crippen LogP contribution < -0.4 is 4.74 Å². The first-order chi connectivity index (χ1) is 8.86. The molecule has 0 saturated heterocycles. The number of phenolic OH excluding ortho intramolecular Hbond substituents is 1. The second-order valence-electron chi connectivity index (χ2n) is 5.85. The van der Waals surface area contributed by atoms with Gasteiger partial charge in [0.25, 0.3) is 0 Å². The number of rotatable bonds is 2. The molecular formula is C17H20O2. The first-order valence-corrected chi connectivity index (χ1v) is 6.44. The molecule has 0 amide bonds. The second kappa shape index (κ2) is 4.96. The van der Waals surface area contributed by atoms with Gasteiger partial charge in [0.05, 0.1) is 0 Å². The van der Waals surface area contributed by atoms with Crippen LogP contribution in [-0.2, 0) is 5.41 Å². The number of aryl methyl sites for hydroxylation is 1. The van der Waals surface area contributed by atoms with Gasteiger partial charge in [-0.25, -0.2) is 0 Å². The van der Waals surface area contributed by atoms with Crippen LogP contribution in [0.2, 0.25) is 0 Å². The standard InChI is InChI=1S/C17H20O2/c1-12-5-10-16(15(11-12)17(2,3)4)19-14-8-6-13(18)7-9-14/h5-11,18H,1-4H3. The molecule has 0 aliphatic heterocycles. The molecule has 0 unspecified atom stereocenters. The summed E-state index contributed by atoms with van der Waals surface area (Å²) in [6, 6.07) is 13.0. The SMILES string of the molecule is Cc1ccc(Oc2ccc(O)cc2)c(C(C)(C)C)c1. The first-order valence-electron chi connectivity index (χ1n) is 6.44. The molecule has 2 heteroatoms. The van der Waals surface area contributed by atoms with E-state index < -0.39 is 0 Å². The minimum Gasteiger partial charge on any atom is -0.508 e. The van der Waals surface area contributed by atoms with Crippen LogP contribution in [0.1, 0.15) is 31.9 Å². The summed E-state index contributed by atoms with van der Waals surface area (Å²) in [7, 11) is 0. The van der Waals surface area contributed by atoms with Crippen LogP contribution in [0.25, 0.3) is 0 Å². The monoisotopic (exact) mass is 256 g/mol. The molecule has 0 fully saturated rings. The Hall–Kier alpha value is -1.96. The topological polar surface area (TPSA) is 29.5 Å². The molecule has 2 aromatic carbocycles. The van der Waals surface area contributed by atoms with Gasteiger partial charge in [0.1, 0.15) is 17.2 Å². The van der Waals surface area contributed by atoms with Crippen LogP contribution >= 0.6 is 0 Å². The Morgan fingerprint density at radius 2 is 1.58 bits per heavy atom. The van der Waals surface area contributed by atoms with Crippen molar-refractivity contribution in [2.45, 2.75) is 33.1 Å². The highest BCUT2D eigenvalue weighted by molar-refractivity contribution is 5.44. The van der Waals surface area contributed by atoms with Gasteiger partial charge in [-0.05, 0) is 42.7 Å². The Balaban J connectivity index is 2.37. The van der Waals surface area contributed by atoms with E-state index in [0.717, 1.165) is 11.5 Å². The Bertz CT molecular complexity index is 563. The highest BCUT2D eigenvalue weighted by atomic mass is 16.5. The molecule has 0 aliphatic carbocycles. The Morgan fingerprint density at radius 1 is 0.947 bits per heavy atom. The third-order valence-electron chi connectivity index (χ3n) is 3.01. The molecule has 0 aliphatic rings. The molecule has 0 aromatic heterocycles. The molecule has 19 heavy (non-hydrogen) atoms. The number of hydrogen-bond acceptors (Lipinski definition) is 2. The molecule has 100 valence electrons. The minimum absolute atomic E-state index is 0.0261. The lowest BCUT2D eigenvalue weighted by molar-refractivity contribution is 0.449. The van der Waals surface area contributed by atoms with Gasteiger partial charge in [-0.3, -0.25) is 0 Å². The Kier molecular flexibility index (Phi) is 3.52. The minimum atomic E-state index is 0.0261. The van der Waals surface area contributed by atoms with Crippen LogP contribution in [0, 0.1) is 6.92 Å². The van der Waals surface area contributed by atoms with Crippen molar-refractivity contribution in [3.63, 3.8) is 0 Å². The van der Waals surface area contributed by atoms with Crippen molar-refractivity contribution in [2.24, 2.45) is 0 Å². The molecule has 1 N–H and O–H groups in total. The third kappa shape index (κ3) is 3.28.